The number of sulfone groups is 1. The lowest BCUT2D eigenvalue weighted by molar-refractivity contribution is 0.234. The smallest absolute Gasteiger partial charge is 0.302 e. The lowest BCUT2D eigenvalue weighted by Gasteiger charge is -2.09. The molecule has 0 aliphatic rings. The van der Waals surface area contributed by atoms with E-state index in [2.05, 4.69) is 10.2 Å². The molecule has 142 valence electrons. The van der Waals surface area contributed by atoms with Gasteiger partial charge in [0.05, 0.1) is 11.4 Å². The van der Waals surface area contributed by atoms with Crippen molar-refractivity contribution in [1.82, 2.24) is 14.8 Å². The van der Waals surface area contributed by atoms with Crippen LogP contribution in [0.5, 0.6) is 0 Å². The van der Waals surface area contributed by atoms with E-state index in [1.165, 1.54) is 36.0 Å². The SMILES string of the molecule is Cc1nnc(SCc2ccc(S(=O)(=O)C(F)F)cc2)n1Cc1ccccc1. The Labute approximate surface area is 160 Å². The van der Waals surface area contributed by atoms with Crippen molar-refractivity contribution < 1.29 is 17.2 Å². The zero-order chi connectivity index (χ0) is 19.4. The van der Waals surface area contributed by atoms with E-state index in [-0.39, 0.29) is 4.90 Å². The van der Waals surface area contributed by atoms with Crippen molar-refractivity contribution >= 4 is 21.6 Å². The molecule has 0 atom stereocenters. The van der Waals surface area contributed by atoms with Gasteiger partial charge in [0.25, 0.3) is 0 Å². The summed E-state index contributed by atoms with van der Waals surface area (Å²) < 4.78 is 50.1. The van der Waals surface area contributed by atoms with Crippen molar-refractivity contribution in [3.05, 3.63) is 71.5 Å². The van der Waals surface area contributed by atoms with Gasteiger partial charge < -0.3 is 4.57 Å². The Hall–Kier alpha value is -2.26. The lowest BCUT2D eigenvalue weighted by atomic mass is 10.2. The summed E-state index contributed by atoms with van der Waals surface area (Å²) in [7, 11) is -4.57. The Bertz CT molecular complexity index is 1000. The summed E-state index contributed by atoms with van der Waals surface area (Å²) in [4.78, 5) is -0.380. The summed E-state index contributed by atoms with van der Waals surface area (Å²) in [5.41, 5.74) is 1.93. The summed E-state index contributed by atoms with van der Waals surface area (Å²) in [5.74, 6) is -2.11. The van der Waals surface area contributed by atoms with Gasteiger partial charge in [-0.05, 0) is 30.2 Å². The molecule has 0 unspecified atom stereocenters. The fourth-order valence-corrected chi connectivity index (χ4v) is 4.10. The highest BCUT2D eigenvalue weighted by Crippen LogP contribution is 2.24. The quantitative estimate of drug-likeness (QED) is 0.554. The maximum atomic E-state index is 12.6. The van der Waals surface area contributed by atoms with Crippen LogP contribution in [0.1, 0.15) is 17.0 Å². The Morgan fingerprint density at radius 3 is 2.30 bits per heavy atom. The van der Waals surface area contributed by atoms with Crippen molar-refractivity contribution in [3.8, 4) is 0 Å². The van der Waals surface area contributed by atoms with Crippen LogP contribution in [0.2, 0.25) is 0 Å². The highest BCUT2D eigenvalue weighted by atomic mass is 32.2. The molecule has 3 aromatic rings. The van der Waals surface area contributed by atoms with E-state index in [1.54, 1.807) is 0 Å². The van der Waals surface area contributed by atoms with Gasteiger partial charge in [-0.25, -0.2) is 8.42 Å². The van der Waals surface area contributed by atoms with E-state index in [0.717, 1.165) is 22.1 Å². The number of thioether (sulfide) groups is 1. The first kappa shape index (κ1) is 19.5. The van der Waals surface area contributed by atoms with Crippen molar-refractivity contribution in [3.63, 3.8) is 0 Å². The molecule has 5 nitrogen and oxygen atoms in total. The lowest BCUT2D eigenvalue weighted by Crippen LogP contribution is -2.11. The Kier molecular flexibility index (Phi) is 5.91. The molecule has 9 heteroatoms. The van der Waals surface area contributed by atoms with E-state index in [4.69, 9.17) is 0 Å². The number of rotatable bonds is 7. The van der Waals surface area contributed by atoms with E-state index >= 15 is 0 Å². The minimum absolute atomic E-state index is 0.380. The largest absolute Gasteiger partial charge is 0.341 e. The minimum atomic E-state index is -4.57. The summed E-state index contributed by atoms with van der Waals surface area (Å²) in [6, 6.07) is 15.4. The average molecular weight is 409 g/mol. The number of nitrogens with zero attached hydrogens (tertiary/aromatic N) is 3. The van der Waals surface area contributed by atoms with Crippen LogP contribution in [-0.4, -0.2) is 28.9 Å². The van der Waals surface area contributed by atoms with Gasteiger partial charge >= 0.3 is 5.76 Å². The van der Waals surface area contributed by atoms with Crippen LogP contribution in [0.25, 0.3) is 0 Å². The van der Waals surface area contributed by atoms with Crippen molar-refractivity contribution in [2.45, 2.75) is 35.0 Å². The van der Waals surface area contributed by atoms with Gasteiger partial charge in [0.15, 0.2) is 5.16 Å². The first-order chi connectivity index (χ1) is 12.9. The van der Waals surface area contributed by atoms with Gasteiger partial charge in [0.1, 0.15) is 5.82 Å². The van der Waals surface area contributed by atoms with Crippen LogP contribution in [0.3, 0.4) is 0 Å². The second-order valence-electron chi connectivity index (χ2n) is 5.84. The first-order valence-electron chi connectivity index (χ1n) is 8.05. The van der Waals surface area contributed by atoms with Gasteiger partial charge in [0, 0.05) is 5.75 Å². The highest BCUT2D eigenvalue weighted by molar-refractivity contribution is 7.98. The van der Waals surface area contributed by atoms with Crippen molar-refractivity contribution in [2.24, 2.45) is 0 Å². The van der Waals surface area contributed by atoms with Crippen LogP contribution < -0.4 is 0 Å². The molecule has 0 aliphatic carbocycles. The van der Waals surface area contributed by atoms with Crippen LogP contribution in [0, 0.1) is 6.92 Å². The molecule has 0 saturated heterocycles. The molecular weight excluding hydrogens is 392 g/mol. The minimum Gasteiger partial charge on any atom is -0.302 e. The Balaban J connectivity index is 1.71. The Morgan fingerprint density at radius 1 is 1.00 bits per heavy atom. The number of aryl methyl sites for hydroxylation is 1. The van der Waals surface area contributed by atoms with Crippen LogP contribution in [-0.2, 0) is 22.1 Å². The summed E-state index contributed by atoms with van der Waals surface area (Å²) in [6.07, 6.45) is 0. The average Bonchev–Trinajstić information content (AvgIpc) is 3.01. The normalized spacial score (nSPS) is 11.9. The Morgan fingerprint density at radius 2 is 1.67 bits per heavy atom. The van der Waals surface area contributed by atoms with Crippen LogP contribution in [0.15, 0.2) is 64.6 Å². The monoisotopic (exact) mass is 409 g/mol. The predicted molar refractivity (Wildman–Crippen MR) is 99.5 cm³/mol. The second kappa shape index (κ2) is 8.18. The molecule has 1 heterocycles. The standard InChI is InChI=1S/C18H17F2N3O2S2/c1-13-21-22-18(23(13)11-14-5-3-2-4-6-14)26-12-15-7-9-16(10-8-15)27(24,25)17(19)20/h2-10,17H,11-12H2,1H3. The second-order valence-corrected chi connectivity index (χ2v) is 8.70. The van der Waals surface area contributed by atoms with Gasteiger partial charge in [-0.2, -0.15) is 8.78 Å². The summed E-state index contributed by atoms with van der Waals surface area (Å²) >= 11 is 1.45. The number of halogens is 2. The molecule has 3 rings (SSSR count). The molecule has 2 aromatic carbocycles. The van der Waals surface area contributed by atoms with Gasteiger partial charge in [-0.1, -0.05) is 54.2 Å². The van der Waals surface area contributed by atoms with Crippen molar-refractivity contribution in [2.75, 3.05) is 0 Å². The number of hydrogen-bond acceptors (Lipinski definition) is 5. The van der Waals surface area contributed by atoms with Gasteiger partial charge in [-0.15, -0.1) is 10.2 Å². The summed E-state index contributed by atoms with van der Waals surface area (Å²) in [5, 5.41) is 9.04. The van der Waals surface area contributed by atoms with E-state index in [0.29, 0.717) is 12.3 Å². The fourth-order valence-electron chi connectivity index (χ4n) is 2.44. The maximum Gasteiger partial charge on any atom is 0.341 e. The topological polar surface area (TPSA) is 64.8 Å². The molecule has 0 aliphatic heterocycles. The highest BCUT2D eigenvalue weighted by Gasteiger charge is 2.26. The third-order valence-electron chi connectivity index (χ3n) is 3.94. The third-order valence-corrected chi connectivity index (χ3v) is 6.38. The molecule has 0 radical (unpaired) electrons. The number of aromatic nitrogens is 3. The summed E-state index contributed by atoms with van der Waals surface area (Å²) in [6.45, 7) is 2.53. The molecule has 0 bridgehead atoms. The molecule has 0 N–H and O–H groups in total. The number of hydrogen-bond donors (Lipinski definition) is 0. The molecule has 27 heavy (non-hydrogen) atoms. The van der Waals surface area contributed by atoms with E-state index < -0.39 is 15.6 Å². The van der Waals surface area contributed by atoms with Gasteiger partial charge in [0.2, 0.25) is 9.84 Å². The molecule has 0 fully saturated rings. The van der Waals surface area contributed by atoms with E-state index in [1.807, 2.05) is 41.8 Å². The van der Waals surface area contributed by atoms with Crippen molar-refractivity contribution in [1.29, 1.82) is 0 Å². The van der Waals surface area contributed by atoms with E-state index in [9.17, 15) is 17.2 Å². The molecule has 0 saturated carbocycles. The zero-order valence-corrected chi connectivity index (χ0v) is 16.1. The predicted octanol–water partition coefficient (Wildman–Crippen LogP) is 3.92. The number of benzene rings is 2. The maximum absolute atomic E-state index is 12.6. The van der Waals surface area contributed by atoms with Crippen LogP contribution >= 0.6 is 11.8 Å². The first-order valence-corrected chi connectivity index (χ1v) is 10.6. The third kappa shape index (κ3) is 4.54. The molecule has 1 aromatic heterocycles. The van der Waals surface area contributed by atoms with Crippen LogP contribution in [0.4, 0.5) is 8.78 Å². The zero-order valence-electron chi connectivity index (χ0n) is 14.4. The molecular formula is C18H17F2N3O2S2. The molecule has 0 amide bonds. The number of alkyl halides is 2. The fraction of sp³-hybridized carbons (Fsp3) is 0.222. The van der Waals surface area contributed by atoms with Gasteiger partial charge in [-0.3, -0.25) is 0 Å². The molecule has 0 spiro atoms.